The van der Waals surface area contributed by atoms with Crippen molar-refractivity contribution in [3.63, 3.8) is 0 Å². The van der Waals surface area contributed by atoms with Crippen LogP contribution in [0.1, 0.15) is 12.8 Å². The first-order valence-corrected chi connectivity index (χ1v) is 6.86. The highest BCUT2D eigenvalue weighted by Crippen LogP contribution is 2.16. The molecule has 1 atom stereocenters. The SMILES string of the molecule is CN1CCN(C(=O)NC(C(=O)O)C2=CCC=CC2)C(=O)C1=O. The van der Waals surface area contributed by atoms with Gasteiger partial charge < -0.3 is 15.3 Å². The zero-order chi connectivity index (χ0) is 16.3. The van der Waals surface area contributed by atoms with E-state index in [-0.39, 0.29) is 13.1 Å². The number of piperazine rings is 1. The lowest BCUT2D eigenvalue weighted by molar-refractivity contribution is -0.152. The summed E-state index contributed by atoms with van der Waals surface area (Å²) in [5, 5.41) is 11.6. The van der Waals surface area contributed by atoms with Crippen LogP contribution in [0, 0.1) is 0 Å². The summed E-state index contributed by atoms with van der Waals surface area (Å²) in [7, 11) is 1.47. The van der Waals surface area contributed by atoms with Crippen molar-refractivity contribution >= 4 is 23.8 Å². The standard InChI is InChI=1S/C14H17N3O5/c1-16-7-8-17(12(19)11(16)18)14(22)15-10(13(20)21)9-5-3-2-4-6-9/h2-3,6,10H,4-5,7-8H2,1H3,(H,15,22)(H,20,21). The van der Waals surface area contributed by atoms with Gasteiger partial charge in [-0.25, -0.2) is 9.59 Å². The van der Waals surface area contributed by atoms with Gasteiger partial charge in [-0.05, 0) is 18.4 Å². The first-order chi connectivity index (χ1) is 10.4. The average Bonchev–Trinajstić information content (AvgIpc) is 2.50. The summed E-state index contributed by atoms with van der Waals surface area (Å²) in [4.78, 5) is 48.8. The van der Waals surface area contributed by atoms with Crippen LogP contribution in [0.15, 0.2) is 23.8 Å². The van der Waals surface area contributed by atoms with Gasteiger partial charge in [0.25, 0.3) is 0 Å². The fourth-order valence-electron chi connectivity index (χ4n) is 2.29. The number of likely N-dealkylation sites (N-methyl/N-ethyl adjacent to an activating group) is 1. The molecule has 0 aromatic carbocycles. The second-order valence-corrected chi connectivity index (χ2v) is 5.09. The van der Waals surface area contributed by atoms with Gasteiger partial charge in [0.15, 0.2) is 0 Å². The Labute approximate surface area is 127 Å². The lowest BCUT2D eigenvalue weighted by Gasteiger charge is -2.31. The molecule has 0 bridgehead atoms. The summed E-state index contributed by atoms with van der Waals surface area (Å²) < 4.78 is 0. The minimum absolute atomic E-state index is 0.0399. The van der Waals surface area contributed by atoms with E-state index in [0.29, 0.717) is 18.4 Å². The van der Waals surface area contributed by atoms with Crippen LogP contribution in [0.2, 0.25) is 0 Å². The number of nitrogens with one attached hydrogen (secondary N) is 1. The molecule has 1 aliphatic carbocycles. The van der Waals surface area contributed by atoms with Crippen LogP contribution >= 0.6 is 0 Å². The summed E-state index contributed by atoms with van der Waals surface area (Å²) in [6.45, 7) is 0.263. The van der Waals surface area contributed by atoms with Crippen molar-refractivity contribution in [3.8, 4) is 0 Å². The maximum Gasteiger partial charge on any atom is 0.330 e. The van der Waals surface area contributed by atoms with E-state index in [0.717, 1.165) is 4.90 Å². The zero-order valence-electron chi connectivity index (χ0n) is 12.1. The highest BCUT2D eigenvalue weighted by molar-refractivity contribution is 6.38. The lowest BCUT2D eigenvalue weighted by atomic mass is 9.98. The average molecular weight is 307 g/mol. The van der Waals surface area contributed by atoms with Crippen LogP contribution in [0.4, 0.5) is 4.79 Å². The number of allylic oxidation sites excluding steroid dienone is 3. The summed E-state index contributed by atoms with van der Waals surface area (Å²) in [5.41, 5.74) is 0.552. The van der Waals surface area contributed by atoms with Crippen LogP contribution in [0.25, 0.3) is 0 Å². The second kappa shape index (κ2) is 6.42. The van der Waals surface area contributed by atoms with Crippen LogP contribution in [-0.2, 0) is 14.4 Å². The Balaban J connectivity index is 2.08. The monoisotopic (exact) mass is 307 g/mol. The van der Waals surface area contributed by atoms with E-state index in [1.807, 2.05) is 12.2 Å². The summed E-state index contributed by atoms with van der Waals surface area (Å²) in [6, 6.07) is -2.07. The predicted octanol–water partition coefficient (Wildman–Crippen LogP) is -0.274. The minimum Gasteiger partial charge on any atom is -0.479 e. The number of hydrogen-bond donors (Lipinski definition) is 2. The van der Waals surface area contributed by atoms with Crippen LogP contribution in [0.3, 0.4) is 0 Å². The first-order valence-electron chi connectivity index (χ1n) is 6.86. The van der Waals surface area contributed by atoms with E-state index in [1.165, 1.54) is 11.9 Å². The third-order valence-corrected chi connectivity index (χ3v) is 3.60. The number of amides is 4. The highest BCUT2D eigenvalue weighted by atomic mass is 16.4. The van der Waals surface area contributed by atoms with Gasteiger partial charge in [-0.1, -0.05) is 18.2 Å². The summed E-state index contributed by atoms with van der Waals surface area (Å²) in [5.74, 6) is -2.94. The van der Waals surface area contributed by atoms with Gasteiger partial charge in [-0.3, -0.25) is 14.5 Å². The number of rotatable bonds is 3. The van der Waals surface area contributed by atoms with Crippen molar-refractivity contribution in [2.75, 3.05) is 20.1 Å². The van der Waals surface area contributed by atoms with E-state index in [1.54, 1.807) is 6.08 Å². The molecule has 8 nitrogen and oxygen atoms in total. The molecular weight excluding hydrogens is 290 g/mol. The van der Waals surface area contributed by atoms with Gasteiger partial charge >= 0.3 is 23.8 Å². The van der Waals surface area contributed by atoms with Gasteiger partial charge in [0.05, 0.1) is 0 Å². The van der Waals surface area contributed by atoms with E-state index >= 15 is 0 Å². The van der Waals surface area contributed by atoms with Crippen molar-refractivity contribution in [1.82, 2.24) is 15.1 Å². The van der Waals surface area contributed by atoms with E-state index in [9.17, 15) is 24.3 Å². The van der Waals surface area contributed by atoms with E-state index < -0.39 is 29.9 Å². The number of hydrogen-bond acceptors (Lipinski definition) is 4. The smallest absolute Gasteiger partial charge is 0.330 e. The number of carbonyl (C=O) groups is 4. The number of nitrogens with zero attached hydrogens (tertiary/aromatic N) is 2. The number of carboxylic acid groups (broad SMARTS) is 1. The molecule has 2 N–H and O–H groups in total. The Hall–Kier alpha value is -2.64. The van der Waals surface area contributed by atoms with Gasteiger partial charge in [0.2, 0.25) is 0 Å². The van der Waals surface area contributed by atoms with Crippen molar-refractivity contribution in [1.29, 1.82) is 0 Å². The van der Waals surface area contributed by atoms with Crippen LogP contribution < -0.4 is 5.32 Å². The van der Waals surface area contributed by atoms with Crippen molar-refractivity contribution in [2.45, 2.75) is 18.9 Å². The molecule has 0 aromatic heterocycles. The second-order valence-electron chi connectivity index (χ2n) is 5.09. The Morgan fingerprint density at radius 2 is 1.95 bits per heavy atom. The van der Waals surface area contributed by atoms with Crippen LogP contribution in [-0.4, -0.2) is 64.9 Å². The Bertz CT molecular complexity index is 581. The topological polar surface area (TPSA) is 107 Å². The number of carboxylic acids is 1. The highest BCUT2D eigenvalue weighted by Gasteiger charge is 2.36. The number of aliphatic carboxylic acids is 1. The largest absolute Gasteiger partial charge is 0.479 e. The molecule has 1 unspecified atom stereocenters. The quantitative estimate of drug-likeness (QED) is 0.551. The first kappa shape index (κ1) is 15.7. The Kier molecular flexibility index (Phi) is 4.59. The van der Waals surface area contributed by atoms with Gasteiger partial charge in [-0.15, -0.1) is 0 Å². The fraction of sp³-hybridized carbons (Fsp3) is 0.429. The molecule has 0 aromatic rings. The van der Waals surface area contributed by atoms with Gasteiger partial charge in [-0.2, -0.15) is 0 Å². The third kappa shape index (κ3) is 3.16. The molecule has 1 fully saturated rings. The number of urea groups is 1. The van der Waals surface area contributed by atoms with Crippen molar-refractivity contribution in [2.24, 2.45) is 0 Å². The van der Waals surface area contributed by atoms with E-state index in [4.69, 9.17) is 0 Å². The normalized spacial score (nSPS) is 19.8. The molecular formula is C14H17N3O5. The molecule has 118 valence electrons. The summed E-state index contributed by atoms with van der Waals surface area (Å²) >= 11 is 0. The van der Waals surface area contributed by atoms with Crippen molar-refractivity contribution in [3.05, 3.63) is 23.8 Å². The van der Waals surface area contributed by atoms with Crippen LogP contribution in [0.5, 0.6) is 0 Å². The molecule has 0 saturated carbocycles. The summed E-state index contributed by atoms with van der Waals surface area (Å²) in [6.07, 6.45) is 6.47. The Morgan fingerprint density at radius 1 is 1.23 bits per heavy atom. The van der Waals surface area contributed by atoms with Gasteiger partial charge in [0, 0.05) is 20.1 Å². The third-order valence-electron chi connectivity index (χ3n) is 3.60. The maximum atomic E-state index is 12.1. The molecule has 0 spiro atoms. The fourth-order valence-corrected chi connectivity index (χ4v) is 2.29. The molecule has 22 heavy (non-hydrogen) atoms. The van der Waals surface area contributed by atoms with Crippen molar-refractivity contribution < 1.29 is 24.3 Å². The molecule has 1 aliphatic heterocycles. The molecule has 4 amide bonds. The molecule has 1 heterocycles. The maximum absolute atomic E-state index is 12.1. The molecule has 2 rings (SSSR count). The van der Waals surface area contributed by atoms with E-state index in [2.05, 4.69) is 5.32 Å². The Morgan fingerprint density at radius 3 is 2.55 bits per heavy atom. The molecule has 2 aliphatic rings. The lowest BCUT2D eigenvalue weighted by Crippen LogP contribution is -2.59. The number of imide groups is 1. The van der Waals surface area contributed by atoms with Gasteiger partial charge in [0.1, 0.15) is 6.04 Å². The minimum atomic E-state index is -1.21. The molecule has 8 heteroatoms. The number of carbonyl (C=O) groups excluding carboxylic acids is 3. The predicted molar refractivity (Wildman–Crippen MR) is 75.8 cm³/mol. The molecule has 0 radical (unpaired) electrons. The molecule has 1 saturated heterocycles. The zero-order valence-corrected chi connectivity index (χ0v) is 12.1.